The van der Waals surface area contributed by atoms with Gasteiger partial charge >= 0.3 is 0 Å². The van der Waals surface area contributed by atoms with Crippen molar-refractivity contribution in [2.75, 3.05) is 19.0 Å². The van der Waals surface area contributed by atoms with Crippen LogP contribution in [0.4, 0.5) is 5.95 Å². The van der Waals surface area contributed by atoms with Crippen molar-refractivity contribution in [1.82, 2.24) is 9.55 Å². The number of nitriles is 1. The number of ether oxygens (including phenoxy) is 1. The Balaban J connectivity index is 2.13. The van der Waals surface area contributed by atoms with Crippen LogP contribution in [0.25, 0.3) is 11.3 Å². The number of benzene rings is 1. The lowest BCUT2D eigenvalue weighted by Gasteiger charge is -2.15. The molecule has 20 heavy (non-hydrogen) atoms. The van der Waals surface area contributed by atoms with Crippen LogP contribution in [0.2, 0.25) is 0 Å². The smallest absolute Gasteiger partial charge is 0.204 e. The Kier molecular flexibility index (Phi) is 3.07. The van der Waals surface area contributed by atoms with E-state index in [1.807, 2.05) is 29.7 Å². The Morgan fingerprint density at radius 2 is 2.30 bits per heavy atom. The first-order valence-corrected chi connectivity index (χ1v) is 6.64. The molecular weight excluding hydrogens is 252 g/mol. The zero-order valence-corrected chi connectivity index (χ0v) is 11.6. The summed E-state index contributed by atoms with van der Waals surface area (Å²) in [6.45, 7) is 3.74. The summed E-state index contributed by atoms with van der Waals surface area (Å²) in [5, 5.41) is 12.7. The van der Waals surface area contributed by atoms with Crippen molar-refractivity contribution >= 4 is 5.95 Å². The molecule has 1 aromatic heterocycles. The summed E-state index contributed by atoms with van der Waals surface area (Å²) in [4.78, 5) is 4.58. The van der Waals surface area contributed by atoms with E-state index in [9.17, 15) is 5.26 Å². The molecule has 0 saturated carbocycles. The fourth-order valence-electron chi connectivity index (χ4n) is 2.58. The molecule has 0 unspecified atom stereocenters. The summed E-state index contributed by atoms with van der Waals surface area (Å²) in [6, 6.07) is 8.15. The number of aryl methyl sites for hydroxylation is 1. The first-order valence-electron chi connectivity index (χ1n) is 6.64. The maximum absolute atomic E-state index is 9.43. The second kappa shape index (κ2) is 4.89. The number of fused-ring (bicyclic) bond motifs is 1. The van der Waals surface area contributed by atoms with Gasteiger partial charge in [0.25, 0.3) is 0 Å². The van der Waals surface area contributed by atoms with Gasteiger partial charge in [-0.3, -0.25) is 0 Å². The Morgan fingerprint density at radius 3 is 3.00 bits per heavy atom. The summed E-state index contributed by atoms with van der Waals surface area (Å²) < 4.78 is 7.23. The third kappa shape index (κ3) is 1.90. The van der Waals surface area contributed by atoms with Crippen LogP contribution in [0.3, 0.4) is 0 Å². The van der Waals surface area contributed by atoms with Gasteiger partial charge in [-0.15, -0.1) is 0 Å². The Bertz CT molecular complexity index is 697. The molecule has 0 saturated heterocycles. The van der Waals surface area contributed by atoms with Gasteiger partial charge in [-0.1, -0.05) is 0 Å². The molecule has 1 aliphatic heterocycles. The van der Waals surface area contributed by atoms with E-state index >= 15 is 0 Å². The lowest BCUT2D eigenvalue weighted by atomic mass is 10.1. The predicted molar refractivity (Wildman–Crippen MR) is 76.8 cm³/mol. The van der Waals surface area contributed by atoms with E-state index in [0.717, 1.165) is 48.0 Å². The van der Waals surface area contributed by atoms with Crippen LogP contribution in [0, 0.1) is 18.3 Å². The molecule has 0 spiro atoms. The van der Waals surface area contributed by atoms with Gasteiger partial charge in [0.2, 0.25) is 5.95 Å². The predicted octanol–water partition coefficient (Wildman–Crippen LogP) is 2.55. The highest BCUT2D eigenvalue weighted by Crippen LogP contribution is 2.30. The molecule has 5 nitrogen and oxygen atoms in total. The van der Waals surface area contributed by atoms with Gasteiger partial charge in [0.1, 0.15) is 23.2 Å². The molecule has 1 aromatic carbocycles. The molecule has 0 aliphatic carbocycles. The second-order valence-corrected chi connectivity index (χ2v) is 4.86. The van der Waals surface area contributed by atoms with Gasteiger partial charge in [-0.05, 0) is 37.1 Å². The molecule has 0 fully saturated rings. The first-order chi connectivity index (χ1) is 9.74. The van der Waals surface area contributed by atoms with Crippen LogP contribution in [-0.2, 0) is 6.54 Å². The maximum Gasteiger partial charge on any atom is 0.204 e. The lowest BCUT2D eigenvalue weighted by molar-refractivity contribution is 0.412. The third-order valence-electron chi connectivity index (χ3n) is 3.58. The number of nitrogens with one attached hydrogen (secondary N) is 1. The molecule has 5 heteroatoms. The number of aromatic nitrogens is 2. The summed E-state index contributed by atoms with van der Waals surface area (Å²) in [5.41, 5.74) is 3.34. The lowest BCUT2D eigenvalue weighted by Crippen LogP contribution is -2.18. The minimum absolute atomic E-state index is 0.622. The van der Waals surface area contributed by atoms with Crippen molar-refractivity contribution in [2.45, 2.75) is 19.9 Å². The van der Waals surface area contributed by atoms with E-state index in [1.54, 1.807) is 7.11 Å². The highest BCUT2D eigenvalue weighted by molar-refractivity contribution is 5.69. The average molecular weight is 268 g/mol. The molecule has 2 heterocycles. The monoisotopic (exact) mass is 268 g/mol. The zero-order valence-electron chi connectivity index (χ0n) is 11.6. The number of hydrogen-bond donors (Lipinski definition) is 1. The number of methoxy groups -OCH3 is 1. The number of anilines is 1. The van der Waals surface area contributed by atoms with Crippen molar-refractivity contribution in [1.29, 1.82) is 5.26 Å². The molecule has 0 atom stereocenters. The quantitative estimate of drug-likeness (QED) is 0.909. The molecule has 0 radical (unpaired) electrons. The molecule has 102 valence electrons. The number of imidazole rings is 1. The van der Waals surface area contributed by atoms with E-state index in [2.05, 4.69) is 16.4 Å². The number of nitrogens with zero attached hydrogens (tertiary/aromatic N) is 3. The largest absolute Gasteiger partial charge is 0.496 e. The van der Waals surface area contributed by atoms with Crippen LogP contribution < -0.4 is 10.1 Å². The van der Waals surface area contributed by atoms with E-state index in [1.165, 1.54) is 0 Å². The van der Waals surface area contributed by atoms with Gasteiger partial charge in [0.15, 0.2) is 0 Å². The minimum atomic E-state index is 0.622. The molecule has 3 rings (SSSR count). The van der Waals surface area contributed by atoms with Crippen LogP contribution in [0.15, 0.2) is 18.2 Å². The third-order valence-corrected chi connectivity index (χ3v) is 3.58. The fourth-order valence-corrected chi connectivity index (χ4v) is 2.58. The van der Waals surface area contributed by atoms with Crippen LogP contribution in [0.5, 0.6) is 5.75 Å². The number of rotatable bonds is 2. The standard InChI is InChI=1S/C15H16N4O/c1-10-8-11(4-5-13(10)20-2)14-12(9-16)19-7-3-6-17-15(19)18-14/h4-5,8H,3,6-7H2,1-2H3,(H,17,18). The molecule has 1 N–H and O–H groups in total. The highest BCUT2D eigenvalue weighted by Gasteiger charge is 2.20. The molecule has 0 bridgehead atoms. The van der Waals surface area contributed by atoms with Crippen molar-refractivity contribution in [2.24, 2.45) is 0 Å². The topological polar surface area (TPSA) is 62.9 Å². The van der Waals surface area contributed by atoms with Crippen LogP contribution >= 0.6 is 0 Å². The summed E-state index contributed by atoms with van der Waals surface area (Å²) >= 11 is 0. The summed E-state index contributed by atoms with van der Waals surface area (Å²) in [6.07, 6.45) is 1.01. The fraction of sp³-hybridized carbons (Fsp3) is 0.333. The highest BCUT2D eigenvalue weighted by atomic mass is 16.5. The van der Waals surface area contributed by atoms with Crippen molar-refractivity contribution in [3.63, 3.8) is 0 Å². The summed E-state index contributed by atoms with van der Waals surface area (Å²) in [5.74, 6) is 1.63. The van der Waals surface area contributed by atoms with Gasteiger partial charge < -0.3 is 14.6 Å². The Hall–Kier alpha value is -2.48. The SMILES string of the molecule is COc1ccc(-c2nc3n(c2C#N)CCCN3)cc1C. The summed E-state index contributed by atoms with van der Waals surface area (Å²) in [7, 11) is 1.65. The maximum atomic E-state index is 9.43. The van der Waals surface area contributed by atoms with Crippen molar-refractivity contribution in [3.05, 3.63) is 29.5 Å². The Labute approximate surface area is 117 Å². The molecule has 1 aliphatic rings. The minimum Gasteiger partial charge on any atom is -0.496 e. The van der Waals surface area contributed by atoms with Crippen molar-refractivity contribution < 1.29 is 4.74 Å². The van der Waals surface area contributed by atoms with Gasteiger partial charge in [-0.25, -0.2) is 4.98 Å². The zero-order chi connectivity index (χ0) is 14.1. The van der Waals surface area contributed by atoms with E-state index in [4.69, 9.17) is 4.74 Å². The van der Waals surface area contributed by atoms with E-state index < -0.39 is 0 Å². The van der Waals surface area contributed by atoms with Gasteiger partial charge in [-0.2, -0.15) is 5.26 Å². The van der Waals surface area contributed by atoms with Crippen LogP contribution in [-0.4, -0.2) is 23.2 Å². The van der Waals surface area contributed by atoms with E-state index in [-0.39, 0.29) is 0 Å². The van der Waals surface area contributed by atoms with Gasteiger partial charge in [0.05, 0.1) is 7.11 Å². The average Bonchev–Trinajstić information content (AvgIpc) is 2.85. The normalized spacial score (nSPS) is 13.2. The Morgan fingerprint density at radius 1 is 1.45 bits per heavy atom. The van der Waals surface area contributed by atoms with Crippen molar-refractivity contribution in [3.8, 4) is 23.1 Å². The van der Waals surface area contributed by atoms with E-state index in [0.29, 0.717) is 5.69 Å². The molecule has 0 amide bonds. The van der Waals surface area contributed by atoms with Gasteiger partial charge in [0, 0.05) is 18.7 Å². The molecule has 2 aromatic rings. The first kappa shape index (κ1) is 12.5. The van der Waals surface area contributed by atoms with Crippen LogP contribution in [0.1, 0.15) is 17.7 Å². The molecular formula is C15H16N4O. The number of hydrogen-bond acceptors (Lipinski definition) is 4. The second-order valence-electron chi connectivity index (χ2n) is 4.86.